The number of nitrogens with zero attached hydrogens (tertiary/aromatic N) is 2. The molecule has 3 aromatic carbocycles. The first-order valence-corrected chi connectivity index (χ1v) is 9.72. The highest BCUT2D eigenvalue weighted by molar-refractivity contribution is 6.33. The van der Waals surface area contributed by atoms with E-state index in [1.165, 1.54) is 17.1 Å². The Bertz CT molecular complexity index is 1160. The van der Waals surface area contributed by atoms with Crippen molar-refractivity contribution in [2.24, 2.45) is 5.10 Å². The van der Waals surface area contributed by atoms with Crippen molar-refractivity contribution in [3.8, 4) is 5.75 Å². The number of para-hydroxylation sites is 1. The number of benzene rings is 3. The minimum absolute atomic E-state index is 0.187. The number of amides is 1. The van der Waals surface area contributed by atoms with Gasteiger partial charge in [-0.05, 0) is 61.0 Å². The zero-order valence-corrected chi connectivity index (χ0v) is 16.9. The van der Waals surface area contributed by atoms with Crippen LogP contribution in [-0.4, -0.2) is 11.6 Å². The predicted molar refractivity (Wildman–Crippen MR) is 117 cm³/mol. The highest BCUT2D eigenvalue weighted by Gasteiger charge is 2.28. The molecule has 1 aliphatic heterocycles. The van der Waals surface area contributed by atoms with Crippen LogP contribution in [0.1, 0.15) is 18.1 Å². The summed E-state index contributed by atoms with van der Waals surface area (Å²) in [6.07, 6.45) is 1.72. The molecule has 0 radical (unpaired) electrons. The van der Waals surface area contributed by atoms with Crippen molar-refractivity contribution >= 4 is 35.0 Å². The second kappa shape index (κ2) is 8.51. The predicted octanol–water partition coefficient (Wildman–Crippen LogP) is 5.86. The summed E-state index contributed by atoms with van der Waals surface area (Å²) >= 11 is 6.18. The van der Waals surface area contributed by atoms with E-state index in [-0.39, 0.29) is 18.3 Å². The van der Waals surface area contributed by atoms with E-state index in [1.54, 1.807) is 43.3 Å². The molecule has 0 saturated heterocycles. The molecule has 0 saturated carbocycles. The van der Waals surface area contributed by atoms with Crippen LogP contribution in [0.2, 0.25) is 5.02 Å². The van der Waals surface area contributed by atoms with E-state index in [1.807, 2.05) is 30.3 Å². The van der Waals surface area contributed by atoms with Gasteiger partial charge in [-0.15, -0.1) is 0 Å². The Hall–Kier alpha value is -3.44. The minimum Gasteiger partial charge on any atom is -0.488 e. The molecule has 3 aromatic rings. The van der Waals surface area contributed by atoms with E-state index in [4.69, 9.17) is 16.3 Å². The average Bonchev–Trinajstić information content (AvgIpc) is 3.02. The number of halogens is 2. The third-order valence-corrected chi connectivity index (χ3v) is 4.85. The summed E-state index contributed by atoms with van der Waals surface area (Å²) in [4.78, 5) is 13.0. The molecule has 0 N–H and O–H groups in total. The SMILES string of the molecule is CC1=NN(c2ccccc2)C(=O)/C1=C\c1cc(Cl)ccc1OCc1cccc(F)c1. The van der Waals surface area contributed by atoms with Crippen LogP contribution in [0.15, 0.2) is 83.5 Å². The fourth-order valence-electron chi connectivity index (χ4n) is 3.14. The number of carbonyl (C=O) groups is 1. The van der Waals surface area contributed by atoms with E-state index in [0.717, 1.165) is 0 Å². The number of anilines is 1. The van der Waals surface area contributed by atoms with Crippen LogP contribution in [0.25, 0.3) is 6.08 Å². The molecule has 0 unspecified atom stereocenters. The van der Waals surface area contributed by atoms with Gasteiger partial charge in [-0.3, -0.25) is 4.79 Å². The fraction of sp³-hybridized carbons (Fsp3) is 0.0833. The highest BCUT2D eigenvalue weighted by atomic mass is 35.5. The molecule has 0 atom stereocenters. The van der Waals surface area contributed by atoms with E-state index in [2.05, 4.69) is 5.10 Å². The van der Waals surface area contributed by atoms with Crippen LogP contribution < -0.4 is 9.75 Å². The summed E-state index contributed by atoms with van der Waals surface area (Å²) in [6.45, 7) is 1.97. The minimum atomic E-state index is -0.320. The van der Waals surface area contributed by atoms with Gasteiger partial charge in [0.25, 0.3) is 5.91 Å². The Morgan fingerprint density at radius 1 is 1.07 bits per heavy atom. The van der Waals surface area contributed by atoms with Gasteiger partial charge in [0.15, 0.2) is 0 Å². The third kappa shape index (κ3) is 4.26. The van der Waals surface area contributed by atoms with E-state index in [9.17, 15) is 9.18 Å². The molecule has 4 rings (SSSR count). The second-order valence-electron chi connectivity index (χ2n) is 6.80. The Balaban J connectivity index is 1.62. The van der Waals surface area contributed by atoms with E-state index in [0.29, 0.717) is 38.9 Å². The average molecular weight is 421 g/mol. The molecule has 0 aliphatic carbocycles. The number of hydrogen-bond donors (Lipinski definition) is 0. The number of ether oxygens (including phenoxy) is 1. The molecule has 6 heteroatoms. The van der Waals surface area contributed by atoms with Crippen LogP contribution in [0.4, 0.5) is 10.1 Å². The van der Waals surface area contributed by atoms with Crippen LogP contribution in [0, 0.1) is 5.82 Å². The summed E-state index contributed by atoms with van der Waals surface area (Å²) in [6, 6.07) is 20.6. The summed E-state index contributed by atoms with van der Waals surface area (Å²) in [7, 11) is 0. The quantitative estimate of drug-likeness (QED) is 0.485. The van der Waals surface area contributed by atoms with E-state index < -0.39 is 0 Å². The first-order valence-electron chi connectivity index (χ1n) is 9.35. The number of carbonyl (C=O) groups excluding carboxylic acids is 1. The maximum atomic E-state index is 13.4. The molecule has 0 aromatic heterocycles. The van der Waals surface area contributed by atoms with Crippen molar-refractivity contribution in [1.29, 1.82) is 0 Å². The topological polar surface area (TPSA) is 41.9 Å². The Kier molecular flexibility index (Phi) is 5.63. The van der Waals surface area contributed by atoms with Gasteiger partial charge in [0.1, 0.15) is 18.2 Å². The summed E-state index contributed by atoms with van der Waals surface area (Å²) in [5, 5.41) is 6.28. The standard InChI is InChI=1S/C24H18ClFN2O2/c1-16-22(24(29)28(27-16)21-8-3-2-4-9-21)14-18-13-19(25)10-11-23(18)30-15-17-6-5-7-20(26)12-17/h2-14H,15H2,1H3/b22-14-. The lowest BCUT2D eigenvalue weighted by molar-refractivity contribution is -0.114. The molecular weight excluding hydrogens is 403 g/mol. The summed E-state index contributed by atoms with van der Waals surface area (Å²) in [5.74, 6) is -0.0105. The maximum absolute atomic E-state index is 13.4. The van der Waals surface area contributed by atoms with Gasteiger partial charge in [0.2, 0.25) is 0 Å². The summed E-state index contributed by atoms with van der Waals surface area (Å²) in [5.41, 5.74) is 3.09. The van der Waals surface area contributed by atoms with Gasteiger partial charge in [-0.1, -0.05) is 41.9 Å². The van der Waals surface area contributed by atoms with Crippen molar-refractivity contribution in [1.82, 2.24) is 0 Å². The maximum Gasteiger partial charge on any atom is 0.280 e. The molecule has 4 nitrogen and oxygen atoms in total. The lowest BCUT2D eigenvalue weighted by Gasteiger charge is -2.12. The van der Waals surface area contributed by atoms with Crippen molar-refractivity contribution in [2.75, 3.05) is 5.01 Å². The summed E-state index contributed by atoms with van der Waals surface area (Å²) < 4.78 is 19.3. The van der Waals surface area contributed by atoms with Gasteiger partial charge in [-0.25, -0.2) is 4.39 Å². The molecule has 1 amide bonds. The van der Waals surface area contributed by atoms with E-state index >= 15 is 0 Å². The van der Waals surface area contributed by atoms with Crippen LogP contribution >= 0.6 is 11.6 Å². The monoisotopic (exact) mass is 420 g/mol. The first-order chi connectivity index (χ1) is 14.5. The van der Waals surface area contributed by atoms with Crippen molar-refractivity contribution < 1.29 is 13.9 Å². The molecule has 0 spiro atoms. The highest BCUT2D eigenvalue weighted by Crippen LogP contribution is 2.30. The molecule has 0 fully saturated rings. The second-order valence-corrected chi connectivity index (χ2v) is 7.23. The molecule has 150 valence electrons. The zero-order valence-electron chi connectivity index (χ0n) is 16.2. The van der Waals surface area contributed by atoms with Gasteiger partial charge < -0.3 is 4.74 Å². The largest absolute Gasteiger partial charge is 0.488 e. The first kappa shape index (κ1) is 19.9. The van der Waals surface area contributed by atoms with Crippen molar-refractivity contribution in [3.63, 3.8) is 0 Å². The fourth-order valence-corrected chi connectivity index (χ4v) is 3.32. The Labute approximate surface area is 178 Å². The van der Waals surface area contributed by atoms with Crippen molar-refractivity contribution in [3.05, 3.63) is 100 Å². The van der Waals surface area contributed by atoms with Gasteiger partial charge in [0, 0.05) is 10.6 Å². The molecule has 0 bridgehead atoms. The van der Waals surface area contributed by atoms with Crippen molar-refractivity contribution in [2.45, 2.75) is 13.5 Å². The number of hydrogen-bond acceptors (Lipinski definition) is 3. The molecule has 1 aliphatic rings. The Morgan fingerprint density at radius 3 is 2.63 bits per heavy atom. The van der Waals surface area contributed by atoms with Crippen LogP contribution in [0.3, 0.4) is 0 Å². The number of rotatable bonds is 5. The Morgan fingerprint density at radius 2 is 1.87 bits per heavy atom. The van der Waals surface area contributed by atoms with Crippen LogP contribution in [0.5, 0.6) is 5.75 Å². The normalized spacial score (nSPS) is 14.9. The lowest BCUT2D eigenvalue weighted by Crippen LogP contribution is -2.21. The zero-order chi connectivity index (χ0) is 21.1. The van der Waals surface area contributed by atoms with Gasteiger partial charge in [0.05, 0.1) is 17.0 Å². The van der Waals surface area contributed by atoms with Crippen LogP contribution in [-0.2, 0) is 11.4 Å². The van der Waals surface area contributed by atoms with Gasteiger partial charge in [-0.2, -0.15) is 10.1 Å². The molecule has 30 heavy (non-hydrogen) atoms. The third-order valence-electron chi connectivity index (χ3n) is 4.62. The van der Waals surface area contributed by atoms with Gasteiger partial charge >= 0.3 is 0 Å². The lowest BCUT2D eigenvalue weighted by atomic mass is 10.1. The number of hydrazone groups is 1. The smallest absolute Gasteiger partial charge is 0.280 e. The molecule has 1 heterocycles. The molecular formula is C24H18ClFN2O2.